The van der Waals surface area contributed by atoms with Crippen molar-refractivity contribution in [3.05, 3.63) is 46.7 Å². The van der Waals surface area contributed by atoms with E-state index in [1.54, 1.807) is 11.3 Å². The molecule has 0 radical (unpaired) electrons. The van der Waals surface area contributed by atoms with Gasteiger partial charge < -0.3 is 9.88 Å². The van der Waals surface area contributed by atoms with Gasteiger partial charge in [-0.25, -0.2) is 9.97 Å². The van der Waals surface area contributed by atoms with E-state index < -0.39 is 0 Å². The zero-order valence-corrected chi connectivity index (χ0v) is 12.5. The lowest BCUT2D eigenvalue weighted by Gasteiger charge is -2.14. The van der Waals surface area contributed by atoms with Crippen LogP contribution in [0.5, 0.6) is 0 Å². The third-order valence-corrected chi connectivity index (χ3v) is 4.43. The van der Waals surface area contributed by atoms with E-state index in [4.69, 9.17) is 0 Å². The molecule has 4 nitrogen and oxygen atoms in total. The molecular formula is C15H18N4S. The molecule has 3 rings (SSSR count). The SMILES string of the molecule is CCC(NCc1nc2ccccc2n1C)c1nccs1. The maximum Gasteiger partial charge on any atom is 0.123 e. The first-order chi connectivity index (χ1) is 9.79. The Morgan fingerprint density at radius 3 is 2.90 bits per heavy atom. The van der Waals surface area contributed by atoms with Gasteiger partial charge in [0.25, 0.3) is 0 Å². The van der Waals surface area contributed by atoms with E-state index >= 15 is 0 Å². The van der Waals surface area contributed by atoms with Crippen molar-refractivity contribution in [1.82, 2.24) is 19.9 Å². The molecule has 0 aliphatic carbocycles. The van der Waals surface area contributed by atoms with Gasteiger partial charge in [-0.3, -0.25) is 0 Å². The van der Waals surface area contributed by atoms with Gasteiger partial charge in [0.15, 0.2) is 0 Å². The second-order valence-electron chi connectivity index (χ2n) is 4.79. The zero-order chi connectivity index (χ0) is 13.9. The second kappa shape index (κ2) is 5.73. The third kappa shape index (κ3) is 2.46. The number of aryl methyl sites for hydroxylation is 1. The molecule has 0 fully saturated rings. The highest BCUT2D eigenvalue weighted by molar-refractivity contribution is 7.09. The molecule has 1 unspecified atom stereocenters. The number of para-hydroxylation sites is 2. The van der Waals surface area contributed by atoms with Crippen LogP contribution in [0.2, 0.25) is 0 Å². The molecule has 0 aliphatic heterocycles. The van der Waals surface area contributed by atoms with Gasteiger partial charge in [0.2, 0.25) is 0 Å². The average molecular weight is 286 g/mol. The molecule has 104 valence electrons. The van der Waals surface area contributed by atoms with Gasteiger partial charge in [-0.1, -0.05) is 19.1 Å². The first-order valence-electron chi connectivity index (χ1n) is 6.82. The average Bonchev–Trinajstić information content (AvgIpc) is 3.10. The summed E-state index contributed by atoms with van der Waals surface area (Å²) in [6, 6.07) is 8.53. The lowest BCUT2D eigenvalue weighted by atomic mass is 10.2. The van der Waals surface area contributed by atoms with E-state index in [9.17, 15) is 0 Å². The largest absolute Gasteiger partial charge is 0.330 e. The highest BCUT2D eigenvalue weighted by Crippen LogP contribution is 2.20. The summed E-state index contributed by atoms with van der Waals surface area (Å²) in [4.78, 5) is 9.08. The molecule has 1 N–H and O–H groups in total. The fraction of sp³-hybridized carbons (Fsp3) is 0.333. The summed E-state index contributed by atoms with van der Waals surface area (Å²) < 4.78 is 2.15. The Hall–Kier alpha value is -1.72. The van der Waals surface area contributed by atoms with Crippen LogP contribution in [0, 0.1) is 0 Å². The molecule has 0 spiro atoms. The highest BCUT2D eigenvalue weighted by atomic mass is 32.1. The monoisotopic (exact) mass is 286 g/mol. The van der Waals surface area contributed by atoms with E-state index in [-0.39, 0.29) is 0 Å². The van der Waals surface area contributed by atoms with E-state index in [1.165, 1.54) is 5.52 Å². The Morgan fingerprint density at radius 1 is 1.35 bits per heavy atom. The lowest BCUT2D eigenvalue weighted by molar-refractivity contribution is 0.501. The second-order valence-corrected chi connectivity index (χ2v) is 5.71. The number of fused-ring (bicyclic) bond motifs is 1. The zero-order valence-electron chi connectivity index (χ0n) is 11.7. The molecule has 0 saturated heterocycles. The van der Waals surface area contributed by atoms with Crippen LogP contribution >= 0.6 is 11.3 Å². The van der Waals surface area contributed by atoms with E-state index in [0.29, 0.717) is 6.04 Å². The predicted molar refractivity (Wildman–Crippen MR) is 82.7 cm³/mol. The summed E-state index contributed by atoms with van der Waals surface area (Å²) in [5.74, 6) is 1.06. The Labute approximate surface area is 122 Å². The Balaban J connectivity index is 1.78. The van der Waals surface area contributed by atoms with Crippen LogP contribution < -0.4 is 5.32 Å². The standard InChI is InChI=1S/C15H18N4S/c1-3-11(15-16-8-9-20-15)17-10-14-18-12-6-4-5-7-13(12)19(14)2/h4-9,11,17H,3,10H2,1-2H3. The normalized spacial score (nSPS) is 12.9. The Morgan fingerprint density at radius 2 is 2.20 bits per heavy atom. The van der Waals surface area contributed by atoms with Crippen molar-refractivity contribution in [3.8, 4) is 0 Å². The molecular weight excluding hydrogens is 268 g/mol. The van der Waals surface area contributed by atoms with Crippen molar-refractivity contribution in [3.63, 3.8) is 0 Å². The quantitative estimate of drug-likeness (QED) is 0.783. The number of nitrogens with one attached hydrogen (secondary N) is 1. The van der Waals surface area contributed by atoms with Crippen LogP contribution in [-0.4, -0.2) is 14.5 Å². The van der Waals surface area contributed by atoms with Crippen molar-refractivity contribution in [2.24, 2.45) is 7.05 Å². The lowest BCUT2D eigenvalue weighted by Crippen LogP contribution is -2.21. The van der Waals surface area contributed by atoms with E-state index in [2.05, 4.69) is 46.0 Å². The van der Waals surface area contributed by atoms with Gasteiger partial charge in [0.1, 0.15) is 10.8 Å². The first-order valence-corrected chi connectivity index (χ1v) is 7.70. The number of hydrogen-bond donors (Lipinski definition) is 1. The number of nitrogens with zero attached hydrogens (tertiary/aromatic N) is 3. The number of imidazole rings is 1. The molecule has 0 bridgehead atoms. The Kier molecular flexibility index (Phi) is 3.80. The highest BCUT2D eigenvalue weighted by Gasteiger charge is 2.13. The summed E-state index contributed by atoms with van der Waals surface area (Å²) in [6.07, 6.45) is 2.89. The minimum atomic E-state index is 0.301. The molecule has 0 aliphatic rings. The third-order valence-electron chi connectivity index (χ3n) is 3.54. The molecule has 2 aromatic heterocycles. The minimum absolute atomic E-state index is 0.301. The fourth-order valence-corrected chi connectivity index (χ4v) is 3.18. The van der Waals surface area contributed by atoms with Gasteiger partial charge in [-0.05, 0) is 18.6 Å². The van der Waals surface area contributed by atoms with E-state index in [1.807, 2.05) is 23.7 Å². The summed E-state index contributed by atoms with van der Waals surface area (Å²) in [7, 11) is 2.07. The van der Waals surface area contributed by atoms with Crippen LogP contribution in [0.25, 0.3) is 11.0 Å². The summed E-state index contributed by atoms with van der Waals surface area (Å²) in [6.45, 7) is 2.93. The van der Waals surface area contributed by atoms with Crippen molar-refractivity contribution < 1.29 is 0 Å². The first kappa shape index (κ1) is 13.3. The van der Waals surface area contributed by atoms with Crippen molar-refractivity contribution in [2.45, 2.75) is 25.9 Å². The van der Waals surface area contributed by atoms with Gasteiger partial charge in [0, 0.05) is 18.6 Å². The van der Waals surface area contributed by atoms with Crippen LogP contribution in [0.4, 0.5) is 0 Å². The maximum absolute atomic E-state index is 4.68. The molecule has 20 heavy (non-hydrogen) atoms. The molecule has 3 aromatic rings. The smallest absolute Gasteiger partial charge is 0.123 e. The molecule has 2 heterocycles. The van der Waals surface area contributed by atoms with E-state index in [0.717, 1.165) is 29.3 Å². The van der Waals surface area contributed by atoms with Gasteiger partial charge in [-0.2, -0.15) is 0 Å². The van der Waals surface area contributed by atoms with Crippen LogP contribution in [0.1, 0.15) is 30.2 Å². The summed E-state index contributed by atoms with van der Waals surface area (Å²) in [5, 5.41) is 6.72. The van der Waals surface area contributed by atoms with Crippen molar-refractivity contribution in [1.29, 1.82) is 0 Å². The van der Waals surface area contributed by atoms with Crippen LogP contribution in [0.3, 0.4) is 0 Å². The van der Waals surface area contributed by atoms with Crippen LogP contribution in [0.15, 0.2) is 35.8 Å². The molecule has 0 saturated carbocycles. The topological polar surface area (TPSA) is 42.7 Å². The number of rotatable bonds is 5. The number of aromatic nitrogens is 3. The summed E-state index contributed by atoms with van der Waals surface area (Å²) >= 11 is 1.70. The Bertz CT molecular complexity index is 687. The van der Waals surface area contributed by atoms with Crippen LogP contribution in [-0.2, 0) is 13.6 Å². The van der Waals surface area contributed by atoms with Gasteiger partial charge in [0.05, 0.1) is 23.6 Å². The maximum atomic E-state index is 4.68. The minimum Gasteiger partial charge on any atom is -0.330 e. The van der Waals surface area contributed by atoms with Gasteiger partial charge in [-0.15, -0.1) is 11.3 Å². The van der Waals surface area contributed by atoms with Gasteiger partial charge >= 0.3 is 0 Å². The summed E-state index contributed by atoms with van der Waals surface area (Å²) in [5.41, 5.74) is 2.22. The molecule has 1 atom stereocenters. The number of hydrogen-bond acceptors (Lipinski definition) is 4. The number of benzene rings is 1. The van der Waals surface area contributed by atoms with Crippen molar-refractivity contribution >= 4 is 22.4 Å². The molecule has 5 heteroatoms. The predicted octanol–water partition coefficient (Wildman–Crippen LogP) is 3.27. The van der Waals surface area contributed by atoms with Crippen molar-refractivity contribution in [2.75, 3.05) is 0 Å². The molecule has 1 aromatic carbocycles. The molecule has 0 amide bonds. The number of thiazole rings is 1. The fourth-order valence-electron chi connectivity index (χ4n) is 2.38.